The van der Waals surface area contributed by atoms with Gasteiger partial charge in [-0.25, -0.2) is 13.1 Å². The molecule has 1 rings (SSSR count). The second kappa shape index (κ2) is 6.63. The van der Waals surface area contributed by atoms with Gasteiger partial charge in [-0.15, -0.1) is 11.3 Å². The molecule has 104 valence electrons. The van der Waals surface area contributed by atoms with Gasteiger partial charge in [0.05, 0.1) is 19.3 Å². The molecule has 0 fully saturated rings. The molecule has 0 bridgehead atoms. The molecule has 1 heterocycles. The van der Waals surface area contributed by atoms with Gasteiger partial charge in [0.15, 0.2) is 0 Å². The van der Waals surface area contributed by atoms with Crippen molar-refractivity contribution in [3.05, 3.63) is 16.5 Å². The molecule has 0 aliphatic carbocycles. The van der Waals surface area contributed by atoms with Crippen molar-refractivity contribution < 1.29 is 18.3 Å². The van der Waals surface area contributed by atoms with E-state index in [4.69, 9.17) is 9.84 Å². The molecule has 5 nitrogen and oxygen atoms in total. The van der Waals surface area contributed by atoms with Crippen molar-refractivity contribution in [2.24, 2.45) is 0 Å². The second-order valence-electron chi connectivity index (χ2n) is 4.15. The van der Waals surface area contributed by atoms with E-state index in [1.165, 1.54) is 0 Å². The Morgan fingerprint density at radius 3 is 2.67 bits per heavy atom. The number of rotatable bonds is 7. The maximum Gasteiger partial charge on any atom is 0.250 e. The molecule has 7 heteroatoms. The van der Waals surface area contributed by atoms with E-state index in [0.29, 0.717) is 11.5 Å². The fraction of sp³-hybridized carbons (Fsp3) is 0.636. The first-order chi connectivity index (χ1) is 8.36. The summed E-state index contributed by atoms with van der Waals surface area (Å²) in [6, 6.07) is 1.57. The minimum Gasteiger partial charge on any atom is -0.391 e. The Morgan fingerprint density at radius 1 is 1.50 bits per heavy atom. The van der Waals surface area contributed by atoms with Gasteiger partial charge >= 0.3 is 0 Å². The zero-order valence-electron chi connectivity index (χ0n) is 10.8. The molecule has 1 aromatic rings. The van der Waals surface area contributed by atoms with E-state index >= 15 is 0 Å². The average Bonchev–Trinajstić information content (AvgIpc) is 2.66. The molecule has 2 N–H and O–H groups in total. The van der Waals surface area contributed by atoms with Gasteiger partial charge < -0.3 is 9.84 Å². The number of aryl methyl sites for hydroxylation is 1. The monoisotopic (exact) mass is 293 g/mol. The normalized spacial score (nSPS) is 12.3. The lowest BCUT2D eigenvalue weighted by Gasteiger charge is -2.08. The van der Waals surface area contributed by atoms with Gasteiger partial charge in [0.1, 0.15) is 4.21 Å². The summed E-state index contributed by atoms with van der Waals surface area (Å²) in [5.41, 5.74) is 0.793. The molecule has 0 unspecified atom stereocenters. The SMILES string of the molecule is Cc1cc(S(=O)(=O)NCCOC(C)C)sc1CO. The Balaban J connectivity index is 2.62. The van der Waals surface area contributed by atoms with Gasteiger partial charge in [-0.2, -0.15) is 0 Å². The molecular formula is C11H19NO4S2. The Hall–Kier alpha value is -0.470. The zero-order valence-corrected chi connectivity index (χ0v) is 12.4. The molecule has 0 amide bonds. The number of aliphatic hydroxyl groups is 1. The van der Waals surface area contributed by atoms with E-state index in [2.05, 4.69) is 4.72 Å². The van der Waals surface area contributed by atoms with E-state index in [1.54, 1.807) is 13.0 Å². The fourth-order valence-corrected chi connectivity index (χ4v) is 3.83. The van der Waals surface area contributed by atoms with Crippen molar-refractivity contribution >= 4 is 21.4 Å². The number of nitrogens with one attached hydrogen (secondary N) is 1. The standard InChI is InChI=1S/C11H19NO4S2/c1-8(2)16-5-4-12-18(14,15)11-6-9(3)10(7-13)17-11/h6,8,12-13H,4-5,7H2,1-3H3. The molecular weight excluding hydrogens is 274 g/mol. The molecule has 0 aliphatic heterocycles. The molecule has 0 aliphatic rings. The van der Waals surface area contributed by atoms with E-state index in [0.717, 1.165) is 16.9 Å². The molecule has 0 spiro atoms. The van der Waals surface area contributed by atoms with Gasteiger partial charge in [-0.3, -0.25) is 0 Å². The highest BCUT2D eigenvalue weighted by molar-refractivity contribution is 7.91. The van der Waals surface area contributed by atoms with Crippen LogP contribution in [-0.4, -0.2) is 32.8 Å². The van der Waals surface area contributed by atoms with Crippen molar-refractivity contribution in [1.29, 1.82) is 0 Å². The molecule has 0 atom stereocenters. The summed E-state index contributed by atoms with van der Waals surface area (Å²) in [5.74, 6) is 0. The van der Waals surface area contributed by atoms with Crippen molar-refractivity contribution in [2.75, 3.05) is 13.2 Å². The van der Waals surface area contributed by atoms with Crippen LogP contribution >= 0.6 is 11.3 Å². The highest BCUT2D eigenvalue weighted by Gasteiger charge is 2.18. The highest BCUT2D eigenvalue weighted by Crippen LogP contribution is 2.25. The predicted octanol–water partition coefficient (Wildman–Crippen LogP) is 1.25. The third kappa shape index (κ3) is 4.33. The van der Waals surface area contributed by atoms with Crippen molar-refractivity contribution in [1.82, 2.24) is 4.72 Å². The van der Waals surface area contributed by atoms with Gasteiger partial charge in [-0.1, -0.05) is 0 Å². The number of hydrogen-bond donors (Lipinski definition) is 2. The Bertz CT molecular complexity index is 479. The van der Waals surface area contributed by atoms with Crippen LogP contribution in [0.2, 0.25) is 0 Å². The van der Waals surface area contributed by atoms with E-state index in [1.807, 2.05) is 13.8 Å². The van der Waals surface area contributed by atoms with Crippen molar-refractivity contribution in [3.63, 3.8) is 0 Å². The van der Waals surface area contributed by atoms with Crippen LogP contribution in [0.25, 0.3) is 0 Å². The number of aliphatic hydroxyl groups excluding tert-OH is 1. The van der Waals surface area contributed by atoms with Gasteiger partial charge in [0, 0.05) is 11.4 Å². The third-order valence-electron chi connectivity index (χ3n) is 2.25. The highest BCUT2D eigenvalue weighted by atomic mass is 32.2. The predicted molar refractivity (Wildman–Crippen MR) is 71.3 cm³/mol. The lowest BCUT2D eigenvalue weighted by molar-refractivity contribution is 0.0834. The summed E-state index contributed by atoms with van der Waals surface area (Å²) in [5, 5.41) is 9.05. The summed E-state index contributed by atoms with van der Waals surface area (Å²) in [4.78, 5) is 0.675. The summed E-state index contributed by atoms with van der Waals surface area (Å²) in [6.07, 6.45) is 0.0828. The molecule has 0 radical (unpaired) electrons. The number of ether oxygens (including phenoxy) is 1. The lowest BCUT2D eigenvalue weighted by atomic mass is 10.3. The first kappa shape index (κ1) is 15.6. The number of thiophene rings is 1. The summed E-state index contributed by atoms with van der Waals surface area (Å²) >= 11 is 1.09. The average molecular weight is 293 g/mol. The first-order valence-electron chi connectivity index (χ1n) is 5.68. The Kier molecular flexibility index (Phi) is 5.74. The number of hydrogen-bond acceptors (Lipinski definition) is 5. The lowest BCUT2D eigenvalue weighted by Crippen LogP contribution is -2.27. The quantitative estimate of drug-likeness (QED) is 0.742. The van der Waals surface area contributed by atoms with Crippen LogP contribution in [0.5, 0.6) is 0 Å². The van der Waals surface area contributed by atoms with Crippen LogP contribution in [0.3, 0.4) is 0 Å². The van der Waals surface area contributed by atoms with Gasteiger partial charge in [0.2, 0.25) is 10.0 Å². The maximum atomic E-state index is 11.9. The summed E-state index contributed by atoms with van der Waals surface area (Å²) < 4.78 is 31.8. The van der Waals surface area contributed by atoms with Crippen LogP contribution in [-0.2, 0) is 21.4 Å². The van der Waals surface area contributed by atoms with Crippen LogP contribution in [0.15, 0.2) is 10.3 Å². The topological polar surface area (TPSA) is 75.6 Å². The number of sulfonamides is 1. The van der Waals surface area contributed by atoms with Crippen LogP contribution in [0.4, 0.5) is 0 Å². The van der Waals surface area contributed by atoms with E-state index < -0.39 is 10.0 Å². The van der Waals surface area contributed by atoms with Crippen LogP contribution in [0.1, 0.15) is 24.3 Å². The van der Waals surface area contributed by atoms with Crippen molar-refractivity contribution in [3.8, 4) is 0 Å². The molecule has 0 aromatic carbocycles. The van der Waals surface area contributed by atoms with Crippen LogP contribution < -0.4 is 4.72 Å². The zero-order chi connectivity index (χ0) is 13.8. The Labute approximate surface area is 112 Å². The second-order valence-corrected chi connectivity index (χ2v) is 7.28. The molecule has 0 saturated heterocycles. The minimum absolute atomic E-state index is 0.0828. The fourth-order valence-electron chi connectivity index (χ4n) is 1.32. The molecule has 1 aromatic heterocycles. The minimum atomic E-state index is -3.49. The summed E-state index contributed by atoms with van der Waals surface area (Å²) in [7, 11) is -3.49. The van der Waals surface area contributed by atoms with E-state index in [9.17, 15) is 8.42 Å². The van der Waals surface area contributed by atoms with Crippen molar-refractivity contribution in [2.45, 2.75) is 37.7 Å². The largest absolute Gasteiger partial charge is 0.391 e. The Morgan fingerprint density at radius 2 is 2.17 bits per heavy atom. The third-order valence-corrected chi connectivity index (χ3v) is 5.41. The smallest absolute Gasteiger partial charge is 0.250 e. The van der Waals surface area contributed by atoms with Gasteiger partial charge in [-0.05, 0) is 32.4 Å². The van der Waals surface area contributed by atoms with E-state index in [-0.39, 0.29) is 23.5 Å². The molecule has 18 heavy (non-hydrogen) atoms. The molecule has 0 saturated carbocycles. The first-order valence-corrected chi connectivity index (χ1v) is 7.98. The van der Waals surface area contributed by atoms with Gasteiger partial charge in [0.25, 0.3) is 0 Å². The maximum absolute atomic E-state index is 11.9. The van der Waals surface area contributed by atoms with Crippen LogP contribution in [0, 0.1) is 6.92 Å². The summed E-state index contributed by atoms with van der Waals surface area (Å²) in [6.45, 7) is 6.01.